The number of aromatic hydroxyl groups is 1. The van der Waals surface area contributed by atoms with Crippen LogP contribution in [0.15, 0.2) is 24.4 Å². The minimum absolute atomic E-state index is 0.337. The summed E-state index contributed by atoms with van der Waals surface area (Å²) >= 11 is 0. The van der Waals surface area contributed by atoms with Crippen molar-refractivity contribution in [3.63, 3.8) is 0 Å². The minimum atomic E-state index is 0.337. The molecule has 0 aliphatic heterocycles. The second kappa shape index (κ2) is 11.2. The van der Waals surface area contributed by atoms with Crippen LogP contribution in [-0.2, 0) is 6.42 Å². The number of benzene rings is 1. The van der Waals surface area contributed by atoms with Crippen molar-refractivity contribution in [2.24, 2.45) is 5.92 Å². The maximum Gasteiger partial charge on any atom is 0.116 e. The molecule has 0 atom stereocenters. The summed E-state index contributed by atoms with van der Waals surface area (Å²) in [5.41, 5.74) is 2.38. The summed E-state index contributed by atoms with van der Waals surface area (Å²) < 4.78 is 0. The zero-order chi connectivity index (χ0) is 16.3. The average molecular weight is 291 g/mol. The van der Waals surface area contributed by atoms with Crippen LogP contribution < -0.4 is 0 Å². The maximum atomic E-state index is 9.33. The van der Waals surface area contributed by atoms with Crippen LogP contribution in [0.2, 0.25) is 0 Å². The molecule has 2 N–H and O–H groups in total. The Bertz CT molecular complexity index is 485. The van der Waals surface area contributed by atoms with Crippen LogP contribution >= 0.6 is 0 Å². The highest BCUT2D eigenvalue weighted by Gasteiger charge is 2.02. The average Bonchev–Trinajstić information content (AvgIpc) is 2.85. The van der Waals surface area contributed by atoms with Gasteiger partial charge in [0.15, 0.2) is 0 Å². The molecule has 2 nitrogen and oxygen atoms in total. The predicted molar refractivity (Wildman–Crippen MR) is 95.1 cm³/mol. The second-order valence-corrected chi connectivity index (χ2v) is 5.48. The summed E-state index contributed by atoms with van der Waals surface area (Å²) in [5, 5.41) is 10.5. The van der Waals surface area contributed by atoms with Gasteiger partial charge in [-0.05, 0) is 36.1 Å². The molecule has 0 aliphatic carbocycles. The van der Waals surface area contributed by atoms with E-state index in [4.69, 9.17) is 0 Å². The number of aromatic amines is 1. The van der Waals surface area contributed by atoms with Crippen LogP contribution in [0.5, 0.6) is 5.75 Å². The van der Waals surface area contributed by atoms with Gasteiger partial charge in [-0.3, -0.25) is 0 Å². The van der Waals surface area contributed by atoms with Crippen LogP contribution in [0, 0.1) is 5.92 Å². The van der Waals surface area contributed by atoms with Gasteiger partial charge in [-0.1, -0.05) is 60.8 Å². The quantitative estimate of drug-likeness (QED) is 0.681. The number of phenols is 1. The number of phenolic OH excluding ortho intramolecular Hbond substituents is 1. The summed E-state index contributed by atoms with van der Waals surface area (Å²) in [6.07, 6.45) is 6.91. The highest BCUT2D eigenvalue weighted by atomic mass is 16.3. The van der Waals surface area contributed by atoms with Crippen molar-refractivity contribution in [2.45, 2.75) is 67.2 Å². The van der Waals surface area contributed by atoms with Crippen molar-refractivity contribution in [1.82, 2.24) is 4.98 Å². The highest BCUT2D eigenvalue weighted by molar-refractivity contribution is 5.84. The van der Waals surface area contributed by atoms with Crippen LogP contribution in [0.3, 0.4) is 0 Å². The molecule has 0 bridgehead atoms. The van der Waals surface area contributed by atoms with Crippen molar-refractivity contribution >= 4 is 10.9 Å². The Morgan fingerprint density at radius 2 is 1.76 bits per heavy atom. The van der Waals surface area contributed by atoms with Crippen molar-refractivity contribution < 1.29 is 5.11 Å². The molecule has 1 heterocycles. The summed E-state index contributed by atoms with van der Waals surface area (Å²) in [4.78, 5) is 3.19. The molecular formula is C19H33NO. The molecule has 1 aromatic heterocycles. The molecule has 0 saturated carbocycles. The number of aromatic nitrogens is 1. The van der Waals surface area contributed by atoms with E-state index >= 15 is 0 Å². The van der Waals surface area contributed by atoms with Gasteiger partial charge in [0.1, 0.15) is 5.75 Å². The molecular weight excluding hydrogens is 258 g/mol. The highest BCUT2D eigenvalue weighted by Crippen LogP contribution is 2.23. The number of H-pyrrole nitrogens is 1. The molecule has 0 fully saturated rings. The van der Waals surface area contributed by atoms with Gasteiger partial charge in [0.25, 0.3) is 0 Å². The van der Waals surface area contributed by atoms with E-state index in [1.165, 1.54) is 18.4 Å². The molecule has 0 aliphatic rings. The number of hydrogen-bond acceptors (Lipinski definition) is 1. The molecule has 0 unspecified atom stereocenters. The summed E-state index contributed by atoms with van der Waals surface area (Å²) in [6, 6.07) is 5.43. The van der Waals surface area contributed by atoms with Gasteiger partial charge in [0, 0.05) is 17.1 Å². The normalized spacial score (nSPS) is 9.86. The third kappa shape index (κ3) is 7.22. The Morgan fingerprint density at radius 3 is 2.24 bits per heavy atom. The fourth-order valence-electron chi connectivity index (χ4n) is 2.22. The summed E-state index contributed by atoms with van der Waals surface area (Å²) in [5.74, 6) is 1.24. The molecule has 120 valence electrons. The monoisotopic (exact) mass is 291 g/mol. The molecule has 2 heteroatoms. The first kappa shape index (κ1) is 19.6. The first-order valence-corrected chi connectivity index (χ1v) is 8.37. The molecule has 21 heavy (non-hydrogen) atoms. The summed E-state index contributed by atoms with van der Waals surface area (Å²) in [7, 11) is 0. The summed E-state index contributed by atoms with van der Waals surface area (Å²) in [6.45, 7) is 12.9. The first-order valence-electron chi connectivity index (χ1n) is 8.37. The molecule has 2 aromatic rings. The third-order valence-electron chi connectivity index (χ3n) is 3.14. The molecule has 2 rings (SSSR count). The van der Waals surface area contributed by atoms with E-state index in [1.54, 1.807) is 6.07 Å². The molecule has 0 amide bonds. The first-order chi connectivity index (χ1) is 10.1. The SMILES string of the molecule is CC.CCCC(C)C.CCCc1c[nH]c2ccc(O)cc12. The van der Waals surface area contributed by atoms with Crippen molar-refractivity contribution in [3.8, 4) is 5.75 Å². The fraction of sp³-hybridized carbons (Fsp3) is 0.579. The van der Waals surface area contributed by atoms with Crippen LogP contribution in [0.4, 0.5) is 0 Å². The van der Waals surface area contributed by atoms with E-state index < -0.39 is 0 Å². The van der Waals surface area contributed by atoms with Gasteiger partial charge in [0.05, 0.1) is 0 Å². The number of aryl methyl sites for hydroxylation is 1. The van der Waals surface area contributed by atoms with Gasteiger partial charge >= 0.3 is 0 Å². The van der Waals surface area contributed by atoms with E-state index in [0.717, 1.165) is 29.7 Å². The number of nitrogens with one attached hydrogen (secondary N) is 1. The standard InChI is InChI=1S/C11H13NO.C6H14.C2H6/c1-2-3-8-7-12-11-5-4-9(13)6-10(8)11;1-4-5-6(2)3;1-2/h4-7,12-13H,2-3H2,1H3;6H,4-5H2,1-3H3;1-2H3. The lowest BCUT2D eigenvalue weighted by Gasteiger charge is -1.96. The van der Waals surface area contributed by atoms with Gasteiger partial charge in [0.2, 0.25) is 0 Å². The predicted octanol–water partition coefficient (Wildman–Crippen LogP) is 6.29. The van der Waals surface area contributed by atoms with Crippen LogP contribution in [-0.4, -0.2) is 10.1 Å². The van der Waals surface area contributed by atoms with Crippen molar-refractivity contribution in [3.05, 3.63) is 30.0 Å². The molecule has 0 saturated heterocycles. The Hall–Kier alpha value is -1.44. The molecule has 0 radical (unpaired) electrons. The Kier molecular flexibility index (Phi) is 10.5. The Balaban J connectivity index is 0.000000427. The van der Waals surface area contributed by atoms with Crippen molar-refractivity contribution in [1.29, 1.82) is 0 Å². The van der Waals surface area contributed by atoms with E-state index in [-0.39, 0.29) is 0 Å². The molecule has 0 spiro atoms. The maximum absolute atomic E-state index is 9.33. The number of hydrogen-bond donors (Lipinski definition) is 2. The number of fused-ring (bicyclic) bond motifs is 1. The lowest BCUT2D eigenvalue weighted by molar-refractivity contribution is 0.476. The largest absolute Gasteiger partial charge is 0.508 e. The number of rotatable bonds is 4. The van der Waals surface area contributed by atoms with Crippen LogP contribution in [0.1, 0.15) is 66.4 Å². The third-order valence-corrected chi connectivity index (χ3v) is 3.14. The lowest BCUT2D eigenvalue weighted by atomic mass is 10.1. The van der Waals surface area contributed by atoms with Gasteiger partial charge in [-0.15, -0.1) is 0 Å². The minimum Gasteiger partial charge on any atom is -0.508 e. The molecule has 1 aromatic carbocycles. The van der Waals surface area contributed by atoms with E-state index in [0.29, 0.717) is 5.75 Å². The van der Waals surface area contributed by atoms with Gasteiger partial charge < -0.3 is 10.1 Å². The van der Waals surface area contributed by atoms with E-state index in [1.807, 2.05) is 32.2 Å². The van der Waals surface area contributed by atoms with E-state index in [9.17, 15) is 5.11 Å². The van der Waals surface area contributed by atoms with Crippen molar-refractivity contribution in [2.75, 3.05) is 0 Å². The second-order valence-electron chi connectivity index (χ2n) is 5.48. The fourth-order valence-corrected chi connectivity index (χ4v) is 2.22. The topological polar surface area (TPSA) is 36.0 Å². The zero-order valence-corrected chi connectivity index (χ0v) is 14.7. The Morgan fingerprint density at radius 1 is 1.10 bits per heavy atom. The van der Waals surface area contributed by atoms with Gasteiger partial charge in [-0.25, -0.2) is 0 Å². The smallest absolute Gasteiger partial charge is 0.116 e. The van der Waals surface area contributed by atoms with Gasteiger partial charge in [-0.2, -0.15) is 0 Å². The van der Waals surface area contributed by atoms with E-state index in [2.05, 4.69) is 32.7 Å². The van der Waals surface area contributed by atoms with Crippen LogP contribution in [0.25, 0.3) is 10.9 Å². The Labute approximate surface area is 130 Å². The zero-order valence-electron chi connectivity index (χ0n) is 14.7. The lowest BCUT2D eigenvalue weighted by Crippen LogP contribution is -1.81.